The summed E-state index contributed by atoms with van der Waals surface area (Å²) in [5, 5.41) is 6.60. The number of aromatic amines is 1. The molecule has 2 rings (SSSR count). The van der Waals surface area contributed by atoms with Gasteiger partial charge in [-0.05, 0) is 37.7 Å². The Hall–Kier alpha value is -1.36. The lowest BCUT2D eigenvalue weighted by Crippen LogP contribution is -2.31. The van der Waals surface area contributed by atoms with Crippen LogP contribution < -0.4 is 5.56 Å². The monoisotopic (exact) mass is 297 g/mol. The summed E-state index contributed by atoms with van der Waals surface area (Å²) in [6.07, 6.45) is 4.75. The van der Waals surface area contributed by atoms with E-state index in [0.29, 0.717) is 12.4 Å². The van der Waals surface area contributed by atoms with Crippen LogP contribution in [-0.2, 0) is 24.1 Å². The summed E-state index contributed by atoms with van der Waals surface area (Å²) in [6, 6.07) is 0. The molecule has 0 saturated carbocycles. The van der Waals surface area contributed by atoms with Crippen LogP contribution in [0.15, 0.2) is 4.79 Å². The molecule has 20 heavy (non-hydrogen) atoms. The van der Waals surface area contributed by atoms with E-state index in [0.717, 1.165) is 48.9 Å². The zero-order valence-corrected chi connectivity index (χ0v) is 12.5. The van der Waals surface area contributed by atoms with Gasteiger partial charge in [0.05, 0.1) is 12.1 Å². The van der Waals surface area contributed by atoms with E-state index < -0.39 is 0 Å². The maximum Gasteiger partial charge on any atom is 0.267 e. The van der Waals surface area contributed by atoms with E-state index in [4.69, 9.17) is 11.6 Å². The molecule has 0 radical (unpaired) electrons. The molecule has 110 valence electrons. The normalized spacial score (nSPS) is 13.9. The molecule has 0 saturated heterocycles. The molecular weight excluding hydrogens is 278 g/mol. The molecule has 1 aromatic rings. The molecule has 0 unspecified atom stereocenters. The van der Waals surface area contributed by atoms with Gasteiger partial charge >= 0.3 is 0 Å². The van der Waals surface area contributed by atoms with Crippen molar-refractivity contribution >= 4 is 17.5 Å². The maximum absolute atomic E-state index is 12.1. The second-order valence-electron chi connectivity index (χ2n) is 5.20. The second-order valence-corrected chi connectivity index (χ2v) is 5.58. The van der Waals surface area contributed by atoms with Crippen LogP contribution in [0.1, 0.15) is 36.1 Å². The second kappa shape index (κ2) is 6.88. The number of aromatic nitrogens is 2. The summed E-state index contributed by atoms with van der Waals surface area (Å²) in [5.74, 6) is 0.562. The molecule has 1 aliphatic carbocycles. The first-order chi connectivity index (χ1) is 9.63. The molecule has 0 aliphatic heterocycles. The van der Waals surface area contributed by atoms with Crippen molar-refractivity contribution < 1.29 is 4.79 Å². The highest BCUT2D eigenvalue weighted by molar-refractivity contribution is 6.17. The van der Waals surface area contributed by atoms with Gasteiger partial charge < -0.3 is 4.90 Å². The first-order valence-electron chi connectivity index (χ1n) is 7.02. The Balaban J connectivity index is 2.14. The maximum atomic E-state index is 12.1. The number of alkyl halides is 1. The highest BCUT2D eigenvalue weighted by atomic mass is 35.5. The third-order valence-electron chi connectivity index (χ3n) is 3.75. The van der Waals surface area contributed by atoms with E-state index in [-0.39, 0.29) is 17.9 Å². The van der Waals surface area contributed by atoms with Crippen LogP contribution >= 0.6 is 11.6 Å². The highest BCUT2D eigenvalue weighted by Crippen LogP contribution is 2.20. The number of fused-ring (bicyclic) bond motifs is 1. The quantitative estimate of drug-likeness (QED) is 0.833. The molecule has 5 nitrogen and oxygen atoms in total. The number of rotatable bonds is 5. The molecule has 1 amide bonds. The van der Waals surface area contributed by atoms with E-state index in [1.807, 2.05) is 0 Å². The fourth-order valence-corrected chi connectivity index (χ4v) is 2.69. The van der Waals surface area contributed by atoms with Crippen molar-refractivity contribution in [2.45, 2.75) is 38.5 Å². The van der Waals surface area contributed by atoms with Gasteiger partial charge in [0, 0.05) is 25.0 Å². The van der Waals surface area contributed by atoms with E-state index in [2.05, 4.69) is 10.2 Å². The Morgan fingerprint density at radius 2 is 2.05 bits per heavy atom. The molecule has 0 atom stereocenters. The van der Waals surface area contributed by atoms with Gasteiger partial charge in [0.1, 0.15) is 0 Å². The summed E-state index contributed by atoms with van der Waals surface area (Å²) in [6.45, 7) is 0.647. The lowest BCUT2D eigenvalue weighted by Gasteiger charge is -2.20. The lowest BCUT2D eigenvalue weighted by molar-refractivity contribution is -0.129. The average Bonchev–Trinajstić information content (AvgIpc) is 2.47. The minimum absolute atomic E-state index is 0.0161. The predicted molar refractivity (Wildman–Crippen MR) is 78.2 cm³/mol. The number of likely N-dealkylation sites (N-methyl/N-ethyl adjacent to an activating group) is 1. The number of hydrogen-bond acceptors (Lipinski definition) is 3. The lowest BCUT2D eigenvalue weighted by atomic mass is 9.91. The molecule has 0 spiro atoms. The Labute approximate surface area is 123 Å². The van der Waals surface area contributed by atoms with Crippen molar-refractivity contribution in [2.24, 2.45) is 0 Å². The first-order valence-corrected chi connectivity index (χ1v) is 7.56. The SMILES string of the molecule is CN(CCCCl)C(=O)Cc1n[nH]c(=O)c2c1CCCC2. The molecule has 1 heterocycles. The molecule has 1 aromatic heterocycles. The first kappa shape index (κ1) is 15.0. The van der Waals surface area contributed by atoms with E-state index in [1.165, 1.54) is 0 Å². The highest BCUT2D eigenvalue weighted by Gasteiger charge is 2.20. The Bertz CT molecular complexity index is 542. The number of hydrogen-bond donors (Lipinski definition) is 1. The number of H-pyrrole nitrogens is 1. The molecule has 1 aliphatic rings. The smallest absolute Gasteiger partial charge is 0.267 e. The number of carbonyl (C=O) groups excluding carboxylic acids is 1. The van der Waals surface area contributed by atoms with Gasteiger partial charge in [0.2, 0.25) is 5.91 Å². The van der Waals surface area contributed by atoms with Crippen LogP contribution in [-0.4, -0.2) is 40.5 Å². The summed E-state index contributed by atoms with van der Waals surface area (Å²) in [4.78, 5) is 25.6. The van der Waals surface area contributed by atoms with E-state index in [9.17, 15) is 9.59 Å². The summed E-state index contributed by atoms with van der Waals surface area (Å²) in [5.41, 5.74) is 2.42. The van der Waals surface area contributed by atoms with Crippen molar-refractivity contribution in [3.63, 3.8) is 0 Å². The van der Waals surface area contributed by atoms with Crippen LogP contribution in [0.5, 0.6) is 0 Å². The van der Waals surface area contributed by atoms with Gasteiger partial charge in [-0.25, -0.2) is 5.10 Å². The van der Waals surface area contributed by atoms with Crippen LogP contribution in [0, 0.1) is 0 Å². The van der Waals surface area contributed by atoms with Gasteiger partial charge in [-0.2, -0.15) is 5.10 Å². The van der Waals surface area contributed by atoms with Crippen LogP contribution in [0.25, 0.3) is 0 Å². The van der Waals surface area contributed by atoms with Crippen molar-refractivity contribution in [3.05, 3.63) is 27.2 Å². The van der Waals surface area contributed by atoms with Gasteiger partial charge in [0.25, 0.3) is 5.56 Å². The zero-order chi connectivity index (χ0) is 14.5. The predicted octanol–water partition coefficient (Wildman–Crippen LogP) is 1.28. The summed E-state index contributed by atoms with van der Waals surface area (Å²) in [7, 11) is 1.77. The van der Waals surface area contributed by atoms with Gasteiger partial charge in [0.15, 0.2) is 0 Å². The third-order valence-corrected chi connectivity index (χ3v) is 4.02. The fourth-order valence-electron chi connectivity index (χ4n) is 2.57. The number of carbonyl (C=O) groups is 1. The number of halogens is 1. The summed E-state index contributed by atoms with van der Waals surface area (Å²) < 4.78 is 0. The van der Waals surface area contributed by atoms with Crippen molar-refractivity contribution in [3.8, 4) is 0 Å². The minimum atomic E-state index is -0.105. The zero-order valence-electron chi connectivity index (χ0n) is 11.7. The largest absolute Gasteiger partial charge is 0.345 e. The molecular formula is C14H20ClN3O2. The van der Waals surface area contributed by atoms with Gasteiger partial charge in [-0.1, -0.05) is 0 Å². The standard InChI is InChI=1S/C14H20ClN3O2/c1-18(8-4-7-15)13(19)9-12-10-5-2-3-6-11(10)14(20)17-16-12/h2-9H2,1H3,(H,17,20). The van der Waals surface area contributed by atoms with Crippen molar-refractivity contribution in [1.29, 1.82) is 0 Å². The van der Waals surface area contributed by atoms with Gasteiger partial charge in [-0.3, -0.25) is 9.59 Å². The van der Waals surface area contributed by atoms with Crippen molar-refractivity contribution in [2.75, 3.05) is 19.5 Å². The topological polar surface area (TPSA) is 66.1 Å². The molecule has 0 fully saturated rings. The average molecular weight is 298 g/mol. The Morgan fingerprint density at radius 1 is 1.35 bits per heavy atom. The molecule has 0 bridgehead atoms. The number of amides is 1. The third kappa shape index (κ3) is 3.39. The van der Waals surface area contributed by atoms with Crippen LogP contribution in [0.3, 0.4) is 0 Å². The van der Waals surface area contributed by atoms with Crippen LogP contribution in [0.4, 0.5) is 0 Å². The number of nitrogens with one attached hydrogen (secondary N) is 1. The van der Waals surface area contributed by atoms with E-state index >= 15 is 0 Å². The molecule has 1 N–H and O–H groups in total. The Kier molecular flexibility index (Phi) is 5.17. The summed E-state index contributed by atoms with van der Waals surface area (Å²) >= 11 is 5.63. The fraction of sp³-hybridized carbons (Fsp3) is 0.643. The molecule has 6 heteroatoms. The Morgan fingerprint density at radius 3 is 2.75 bits per heavy atom. The minimum Gasteiger partial charge on any atom is -0.345 e. The van der Waals surface area contributed by atoms with E-state index in [1.54, 1.807) is 11.9 Å². The molecule has 0 aromatic carbocycles. The van der Waals surface area contributed by atoms with Crippen molar-refractivity contribution in [1.82, 2.24) is 15.1 Å². The van der Waals surface area contributed by atoms with Crippen LogP contribution in [0.2, 0.25) is 0 Å². The van der Waals surface area contributed by atoms with Gasteiger partial charge in [-0.15, -0.1) is 11.6 Å². The number of nitrogens with zero attached hydrogens (tertiary/aromatic N) is 2.